The Hall–Kier alpha value is -2.30. The van der Waals surface area contributed by atoms with E-state index >= 15 is 0 Å². The summed E-state index contributed by atoms with van der Waals surface area (Å²) >= 11 is 0. The Morgan fingerprint density at radius 3 is 2.68 bits per heavy atom. The predicted molar refractivity (Wildman–Crippen MR) is 86.2 cm³/mol. The summed E-state index contributed by atoms with van der Waals surface area (Å²) in [4.78, 5) is 4.43. The summed E-state index contributed by atoms with van der Waals surface area (Å²) in [6.07, 6.45) is 3.44. The standard InChI is InChI=1S/C17H22FN3O/c1-2-10-19-17(20-11-9-15-7-5-12-22-15)21-13-14-6-3-4-8-16(14)18/h3-8,12H,2,9-11,13H2,1H3,(H2,19,20,21). The van der Waals surface area contributed by atoms with E-state index in [4.69, 9.17) is 4.42 Å². The molecule has 5 heteroatoms. The zero-order chi connectivity index (χ0) is 15.6. The van der Waals surface area contributed by atoms with Crippen molar-refractivity contribution in [2.24, 2.45) is 4.99 Å². The van der Waals surface area contributed by atoms with E-state index in [1.165, 1.54) is 6.07 Å². The number of hydrogen-bond donors (Lipinski definition) is 2. The molecule has 0 aliphatic heterocycles. The molecule has 118 valence electrons. The van der Waals surface area contributed by atoms with Crippen molar-refractivity contribution in [3.8, 4) is 0 Å². The zero-order valence-corrected chi connectivity index (χ0v) is 12.8. The lowest BCUT2D eigenvalue weighted by molar-refractivity contribution is 0.506. The molecule has 0 unspecified atom stereocenters. The van der Waals surface area contributed by atoms with Gasteiger partial charge in [-0.3, -0.25) is 0 Å². The van der Waals surface area contributed by atoms with Crippen LogP contribution in [-0.4, -0.2) is 19.0 Å². The summed E-state index contributed by atoms with van der Waals surface area (Å²) in [5, 5.41) is 6.46. The third-order valence-corrected chi connectivity index (χ3v) is 3.15. The number of hydrogen-bond acceptors (Lipinski definition) is 2. The van der Waals surface area contributed by atoms with Gasteiger partial charge in [-0.2, -0.15) is 0 Å². The lowest BCUT2D eigenvalue weighted by Crippen LogP contribution is -2.38. The van der Waals surface area contributed by atoms with Gasteiger partial charge in [-0.15, -0.1) is 0 Å². The van der Waals surface area contributed by atoms with Crippen LogP contribution in [0.1, 0.15) is 24.7 Å². The second kappa shape index (κ2) is 8.87. The SMILES string of the molecule is CCCNC(=NCc1ccccc1F)NCCc1ccco1. The minimum Gasteiger partial charge on any atom is -0.469 e. The topological polar surface area (TPSA) is 49.6 Å². The van der Waals surface area contributed by atoms with Crippen molar-refractivity contribution in [1.82, 2.24) is 10.6 Å². The number of furan rings is 1. The van der Waals surface area contributed by atoms with Crippen LogP contribution >= 0.6 is 0 Å². The van der Waals surface area contributed by atoms with Gasteiger partial charge in [0.2, 0.25) is 0 Å². The van der Waals surface area contributed by atoms with Crippen molar-refractivity contribution < 1.29 is 8.81 Å². The predicted octanol–water partition coefficient (Wildman–Crippen LogP) is 3.11. The fourth-order valence-electron chi connectivity index (χ4n) is 1.97. The molecule has 0 saturated carbocycles. The van der Waals surface area contributed by atoms with Crippen LogP contribution in [0, 0.1) is 5.82 Å². The lowest BCUT2D eigenvalue weighted by Gasteiger charge is -2.11. The molecule has 1 aromatic heterocycles. The Labute approximate surface area is 130 Å². The quantitative estimate of drug-likeness (QED) is 0.610. The fourth-order valence-corrected chi connectivity index (χ4v) is 1.97. The van der Waals surface area contributed by atoms with Gasteiger partial charge in [0.05, 0.1) is 12.8 Å². The molecule has 2 aromatic rings. The summed E-state index contributed by atoms with van der Waals surface area (Å²) in [6, 6.07) is 10.5. The molecule has 0 spiro atoms. The van der Waals surface area contributed by atoms with E-state index in [9.17, 15) is 4.39 Å². The van der Waals surface area contributed by atoms with Gasteiger partial charge in [0, 0.05) is 25.1 Å². The van der Waals surface area contributed by atoms with Crippen LogP contribution in [0.15, 0.2) is 52.1 Å². The highest BCUT2D eigenvalue weighted by atomic mass is 19.1. The molecular weight excluding hydrogens is 281 g/mol. The van der Waals surface area contributed by atoms with Gasteiger partial charge in [0.15, 0.2) is 5.96 Å². The molecule has 1 aromatic carbocycles. The molecule has 0 saturated heterocycles. The molecule has 4 nitrogen and oxygen atoms in total. The molecule has 22 heavy (non-hydrogen) atoms. The fraction of sp³-hybridized carbons (Fsp3) is 0.353. The first kappa shape index (κ1) is 16.1. The van der Waals surface area contributed by atoms with Crippen molar-refractivity contribution in [3.05, 3.63) is 59.8 Å². The van der Waals surface area contributed by atoms with Gasteiger partial charge in [0.25, 0.3) is 0 Å². The van der Waals surface area contributed by atoms with Crippen molar-refractivity contribution in [2.45, 2.75) is 26.3 Å². The summed E-state index contributed by atoms with van der Waals surface area (Å²) in [7, 11) is 0. The largest absolute Gasteiger partial charge is 0.469 e. The minimum atomic E-state index is -0.225. The summed E-state index contributed by atoms with van der Waals surface area (Å²) in [5.74, 6) is 1.39. The number of rotatable bonds is 7. The van der Waals surface area contributed by atoms with Crippen LogP contribution in [-0.2, 0) is 13.0 Å². The maximum Gasteiger partial charge on any atom is 0.191 e. The Kier molecular flexibility index (Phi) is 6.48. The molecule has 2 N–H and O–H groups in total. The van der Waals surface area contributed by atoms with Gasteiger partial charge in [-0.05, 0) is 24.6 Å². The van der Waals surface area contributed by atoms with Gasteiger partial charge in [0.1, 0.15) is 11.6 Å². The van der Waals surface area contributed by atoms with Crippen LogP contribution in [0.5, 0.6) is 0 Å². The first-order valence-corrected chi connectivity index (χ1v) is 7.57. The number of nitrogens with one attached hydrogen (secondary N) is 2. The highest BCUT2D eigenvalue weighted by molar-refractivity contribution is 5.79. The number of benzene rings is 1. The van der Waals surface area contributed by atoms with E-state index in [2.05, 4.69) is 22.5 Å². The number of nitrogens with zero attached hydrogens (tertiary/aromatic N) is 1. The normalized spacial score (nSPS) is 11.5. The Balaban J connectivity index is 1.89. The molecule has 0 amide bonds. The highest BCUT2D eigenvalue weighted by Crippen LogP contribution is 2.07. The van der Waals surface area contributed by atoms with Crippen LogP contribution in [0.25, 0.3) is 0 Å². The minimum absolute atomic E-state index is 0.225. The van der Waals surface area contributed by atoms with Crippen molar-refractivity contribution in [2.75, 3.05) is 13.1 Å². The maximum absolute atomic E-state index is 13.6. The molecule has 0 atom stereocenters. The second-order valence-electron chi connectivity index (χ2n) is 4.94. The number of aliphatic imine (C=N–C) groups is 1. The summed E-state index contributed by atoms with van der Waals surface area (Å²) in [5.41, 5.74) is 0.589. The summed E-state index contributed by atoms with van der Waals surface area (Å²) in [6.45, 7) is 3.93. The first-order chi connectivity index (χ1) is 10.8. The van der Waals surface area contributed by atoms with Crippen molar-refractivity contribution in [1.29, 1.82) is 0 Å². The third kappa shape index (κ3) is 5.24. The van der Waals surface area contributed by atoms with E-state index in [0.717, 1.165) is 25.1 Å². The van der Waals surface area contributed by atoms with E-state index < -0.39 is 0 Å². The lowest BCUT2D eigenvalue weighted by atomic mass is 10.2. The van der Waals surface area contributed by atoms with Crippen LogP contribution < -0.4 is 10.6 Å². The molecule has 0 aliphatic carbocycles. The average molecular weight is 303 g/mol. The van der Waals surface area contributed by atoms with E-state index in [0.29, 0.717) is 24.6 Å². The van der Waals surface area contributed by atoms with Gasteiger partial charge >= 0.3 is 0 Å². The molecule has 0 aliphatic rings. The van der Waals surface area contributed by atoms with Gasteiger partial charge < -0.3 is 15.1 Å². The first-order valence-electron chi connectivity index (χ1n) is 7.57. The van der Waals surface area contributed by atoms with Gasteiger partial charge in [-0.25, -0.2) is 9.38 Å². The van der Waals surface area contributed by atoms with Crippen LogP contribution in [0.3, 0.4) is 0 Å². The van der Waals surface area contributed by atoms with Crippen LogP contribution in [0.4, 0.5) is 4.39 Å². The molecule has 0 radical (unpaired) electrons. The van der Waals surface area contributed by atoms with Crippen molar-refractivity contribution >= 4 is 5.96 Å². The molecule has 0 fully saturated rings. The molecular formula is C17H22FN3O. The number of halogens is 1. The zero-order valence-electron chi connectivity index (χ0n) is 12.8. The Morgan fingerprint density at radius 1 is 1.14 bits per heavy atom. The molecule has 2 rings (SSSR count). The Bertz CT molecular complexity index is 581. The third-order valence-electron chi connectivity index (χ3n) is 3.15. The molecule has 1 heterocycles. The van der Waals surface area contributed by atoms with Gasteiger partial charge in [-0.1, -0.05) is 25.1 Å². The summed E-state index contributed by atoms with van der Waals surface area (Å²) < 4.78 is 18.9. The number of guanidine groups is 1. The Morgan fingerprint density at radius 2 is 1.95 bits per heavy atom. The second-order valence-corrected chi connectivity index (χ2v) is 4.94. The van der Waals surface area contributed by atoms with Crippen molar-refractivity contribution in [3.63, 3.8) is 0 Å². The van der Waals surface area contributed by atoms with E-state index in [1.54, 1.807) is 18.4 Å². The molecule has 0 bridgehead atoms. The maximum atomic E-state index is 13.6. The van der Waals surface area contributed by atoms with E-state index in [1.807, 2.05) is 18.2 Å². The van der Waals surface area contributed by atoms with Crippen LogP contribution in [0.2, 0.25) is 0 Å². The average Bonchev–Trinajstić information content (AvgIpc) is 3.04. The van der Waals surface area contributed by atoms with E-state index in [-0.39, 0.29) is 5.82 Å². The smallest absolute Gasteiger partial charge is 0.191 e. The monoisotopic (exact) mass is 303 g/mol. The highest BCUT2D eigenvalue weighted by Gasteiger charge is 2.02.